The van der Waals surface area contributed by atoms with Crippen molar-refractivity contribution >= 4 is 23.1 Å². The van der Waals surface area contributed by atoms with Crippen LogP contribution in [0.25, 0.3) is 0 Å². The zero-order valence-corrected chi connectivity index (χ0v) is 15.2. The third kappa shape index (κ3) is 5.54. The van der Waals surface area contributed by atoms with Crippen LogP contribution in [0, 0.1) is 18.3 Å². The summed E-state index contributed by atoms with van der Waals surface area (Å²) in [5, 5.41) is 10.8. The Morgan fingerprint density at radius 2 is 1.69 bits per heavy atom. The van der Waals surface area contributed by atoms with E-state index in [-0.39, 0.29) is 23.2 Å². The first-order chi connectivity index (χ1) is 13.3. The number of hydrogen-bond acceptors (Lipinski definition) is 6. The molecule has 5 nitrogen and oxygen atoms in total. The lowest BCUT2D eigenvalue weighted by molar-refractivity contribution is -0.143. The van der Waals surface area contributed by atoms with Crippen LogP contribution in [0.1, 0.15) is 38.1 Å². The highest BCUT2D eigenvalue weighted by Gasteiger charge is 2.37. The second-order valence-electron chi connectivity index (χ2n) is 5.73. The van der Waals surface area contributed by atoms with Gasteiger partial charge in [0.15, 0.2) is 18.3 Å². The van der Waals surface area contributed by atoms with Gasteiger partial charge in [0.25, 0.3) is 0 Å². The predicted octanol–water partition coefficient (Wildman–Crippen LogP) is 4.52. The Bertz CT molecular complexity index is 943. The van der Waals surface area contributed by atoms with Crippen LogP contribution >= 0.6 is 11.3 Å². The number of nitriles is 1. The third-order valence-electron chi connectivity index (χ3n) is 3.50. The van der Waals surface area contributed by atoms with Crippen molar-refractivity contribution in [2.24, 2.45) is 0 Å². The van der Waals surface area contributed by atoms with E-state index in [1.165, 1.54) is 0 Å². The third-order valence-corrected chi connectivity index (χ3v) is 4.53. The van der Waals surface area contributed by atoms with Crippen molar-refractivity contribution in [2.45, 2.75) is 25.2 Å². The van der Waals surface area contributed by atoms with Gasteiger partial charge in [-0.05, 0) is 25.1 Å². The van der Waals surface area contributed by atoms with Crippen molar-refractivity contribution in [1.29, 1.82) is 5.26 Å². The molecule has 1 heterocycles. The number of halogens is 6. The molecule has 154 valence electrons. The second kappa shape index (κ2) is 8.20. The Balaban J connectivity index is 2.22. The fourth-order valence-electron chi connectivity index (χ4n) is 2.15. The molecule has 0 bridgehead atoms. The first kappa shape index (κ1) is 22.4. The number of carbonyl (C=O) groups is 2. The number of ketones is 1. The molecular formula is C17H10F6N2O3S. The van der Waals surface area contributed by atoms with E-state index in [9.17, 15) is 35.9 Å². The van der Waals surface area contributed by atoms with Gasteiger partial charge >= 0.3 is 18.3 Å². The Kier molecular flexibility index (Phi) is 6.32. The van der Waals surface area contributed by atoms with Crippen molar-refractivity contribution in [3.05, 3.63) is 51.0 Å². The van der Waals surface area contributed by atoms with Crippen LogP contribution in [0.4, 0.5) is 26.3 Å². The fourth-order valence-corrected chi connectivity index (χ4v) is 3.01. The quantitative estimate of drug-likeness (QED) is 0.509. The van der Waals surface area contributed by atoms with Crippen LogP contribution in [-0.4, -0.2) is 23.3 Å². The molecule has 12 heteroatoms. The molecule has 0 spiro atoms. The largest absolute Gasteiger partial charge is 0.454 e. The Labute approximate surface area is 163 Å². The van der Waals surface area contributed by atoms with E-state index in [2.05, 4.69) is 9.72 Å². The predicted molar refractivity (Wildman–Crippen MR) is 86.9 cm³/mol. The molecule has 0 saturated carbocycles. The zero-order valence-electron chi connectivity index (χ0n) is 14.4. The van der Waals surface area contributed by atoms with E-state index in [0.717, 1.165) is 11.3 Å². The molecule has 0 fully saturated rings. The van der Waals surface area contributed by atoms with Gasteiger partial charge < -0.3 is 4.74 Å². The molecule has 0 saturated heterocycles. The highest BCUT2D eigenvalue weighted by Crippen LogP contribution is 2.36. The van der Waals surface area contributed by atoms with Gasteiger partial charge in [-0.25, -0.2) is 9.78 Å². The van der Waals surface area contributed by atoms with Crippen molar-refractivity contribution < 1.29 is 40.7 Å². The SMILES string of the molecule is Cc1csc([C@H](C#N)C(=O)COC(=O)c2cc(C(F)(F)F)cc(C(F)(F)F)c2)n1. The number of aromatic nitrogens is 1. The number of benzene rings is 1. The number of ether oxygens (including phenoxy) is 1. The number of nitrogens with zero attached hydrogens (tertiary/aromatic N) is 2. The molecule has 0 N–H and O–H groups in total. The maximum Gasteiger partial charge on any atom is 0.416 e. The molecule has 2 aromatic rings. The maximum atomic E-state index is 12.8. The number of thiazole rings is 1. The molecule has 0 aliphatic carbocycles. The van der Waals surface area contributed by atoms with Crippen LogP contribution in [0.2, 0.25) is 0 Å². The average Bonchev–Trinajstić information content (AvgIpc) is 3.04. The molecule has 0 amide bonds. The van der Waals surface area contributed by atoms with Crippen LogP contribution in [0.15, 0.2) is 23.6 Å². The van der Waals surface area contributed by atoms with Gasteiger partial charge in [0.2, 0.25) is 0 Å². The summed E-state index contributed by atoms with van der Waals surface area (Å²) in [4.78, 5) is 28.0. The lowest BCUT2D eigenvalue weighted by Gasteiger charge is -2.14. The first-order valence-electron chi connectivity index (χ1n) is 7.64. The smallest absolute Gasteiger partial charge is 0.416 e. The van der Waals surface area contributed by atoms with Crippen molar-refractivity contribution in [2.75, 3.05) is 6.61 Å². The van der Waals surface area contributed by atoms with E-state index in [1.807, 2.05) is 0 Å². The van der Waals surface area contributed by atoms with Crippen LogP contribution < -0.4 is 0 Å². The minimum atomic E-state index is -5.14. The van der Waals surface area contributed by atoms with Gasteiger partial charge in [0.1, 0.15) is 5.01 Å². The highest BCUT2D eigenvalue weighted by atomic mass is 32.1. The number of Topliss-reactive ketones (excluding diaryl/α,β-unsaturated/α-hetero) is 1. The van der Waals surface area contributed by atoms with Gasteiger partial charge in [0.05, 0.1) is 22.8 Å². The van der Waals surface area contributed by atoms with Crippen LogP contribution in [0.5, 0.6) is 0 Å². The van der Waals surface area contributed by atoms with Crippen molar-refractivity contribution in [1.82, 2.24) is 4.98 Å². The second-order valence-corrected chi connectivity index (χ2v) is 6.62. The van der Waals surface area contributed by atoms with E-state index < -0.39 is 53.3 Å². The summed E-state index contributed by atoms with van der Waals surface area (Å²) in [6.45, 7) is 0.595. The number of rotatable bonds is 5. The maximum absolute atomic E-state index is 12.8. The fraction of sp³-hybridized carbons (Fsp3) is 0.294. The molecule has 0 aliphatic rings. The van der Waals surface area contributed by atoms with Gasteiger partial charge in [0, 0.05) is 11.1 Å². The monoisotopic (exact) mass is 436 g/mol. The highest BCUT2D eigenvalue weighted by molar-refractivity contribution is 7.09. The molecule has 0 aliphatic heterocycles. The minimum Gasteiger partial charge on any atom is -0.454 e. The Hall–Kier alpha value is -2.94. The van der Waals surface area contributed by atoms with Gasteiger partial charge in [-0.1, -0.05) is 0 Å². The van der Waals surface area contributed by atoms with E-state index in [4.69, 9.17) is 5.26 Å². The molecular weight excluding hydrogens is 426 g/mol. The normalized spacial score (nSPS) is 12.9. The zero-order chi connectivity index (χ0) is 22.0. The summed E-state index contributed by atoms with van der Waals surface area (Å²) < 4.78 is 81.6. The van der Waals surface area contributed by atoms with Crippen molar-refractivity contribution in [3.8, 4) is 6.07 Å². The summed E-state index contributed by atoms with van der Waals surface area (Å²) in [5.74, 6) is -3.87. The molecule has 1 aromatic heterocycles. The van der Waals surface area contributed by atoms with Gasteiger partial charge in [-0.15, -0.1) is 11.3 Å². The lowest BCUT2D eigenvalue weighted by atomic mass is 10.0. The standard InChI is InChI=1S/C17H10F6N2O3S/c1-8-7-29-14(25-8)12(5-24)13(26)6-28-15(27)9-2-10(16(18,19)20)4-11(3-9)17(21,22)23/h2-4,7,12H,6H2,1H3/t12-/m1/s1. The summed E-state index contributed by atoms with van der Waals surface area (Å²) in [7, 11) is 0. The summed E-state index contributed by atoms with van der Waals surface area (Å²) >= 11 is 1.01. The van der Waals surface area contributed by atoms with Crippen LogP contribution in [-0.2, 0) is 21.9 Å². The average molecular weight is 436 g/mol. The van der Waals surface area contributed by atoms with Crippen molar-refractivity contribution in [3.63, 3.8) is 0 Å². The molecule has 0 unspecified atom stereocenters. The summed E-state index contributed by atoms with van der Waals surface area (Å²) in [6, 6.07) is 1.90. The minimum absolute atomic E-state index is 0.129. The van der Waals surface area contributed by atoms with E-state index >= 15 is 0 Å². The number of esters is 1. The van der Waals surface area contributed by atoms with Crippen LogP contribution in [0.3, 0.4) is 0 Å². The van der Waals surface area contributed by atoms with E-state index in [1.54, 1.807) is 18.4 Å². The topological polar surface area (TPSA) is 80.0 Å². The molecule has 0 radical (unpaired) electrons. The van der Waals surface area contributed by atoms with Gasteiger partial charge in [-0.2, -0.15) is 31.6 Å². The van der Waals surface area contributed by atoms with E-state index in [0.29, 0.717) is 5.69 Å². The Morgan fingerprint density at radius 1 is 1.14 bits per heavy atom. The first-order valence-corrected chi connectivity index (χ1v) is 8.52. The molecule has 2 rings (SSSR count). The number of aryl methyl sites for hydroxylation is 1. The number of carbonyl (C=O) groups excluding carboxylic acids is 2. The van der Waals surface area contributed by atoms with Gasteiger partial charge in [-0.3, -0.25) is 4.79 Å². The lowest BCUT2D eigenvalue weighted by Crippen LogP contribution is -2.21. The molecule has 29 heavy (non-hydrogen) atoms. The molecule has 1 atom stereocenters. The summed E-state index contributed by atoms with van der Waals surface area (Å²) in [6.07, 6.45) is -10.3. The Morgan fingerprint density at radius 3 is 2.10 bits per heavy atom. The molecule has 1 aromatic carbocycles. The summed E-state index contributed by atoms with van der Waals surface area (Å²) in [5.41, 5.74) is -3.88. The number of hydrogen-bond donors (Lipinski definition) is 0. The number of alkyl halides is 6.